The minimum Gasteiger partial charge on any atom is -0.0885 e. The molecule has 0 saturated heterocycles. The van der Waals surface area contributed by atoms with E-state index in [2.05, 4.69) is 19.1 Å². The summed E-state index contributed by atoms with van der Waals surface area (Å²) in [6.45, 7) is 2.22. The lowest BCUT2D eigenvalue weighted by molar-refractivity contribution is 0.852. The molecule has 0 amide bonds. The van der Waals surface area contributed by atoms with Crippen LogP contribution in [0.5, 0.6) is 0 Å². The number of hydrogen-bond donors (Lipinski definition) is 0. The molecule has 1 aliphatic rings. The van der Waals surface area contributed by atoms with Crippen LogP contribution in [0.3, 0.4) is 0 Å². The van der Waals surface area contributed by atoms with Crippen molar-refractivity contribution in [1.82, 2.24) is 0 Å². The lowest BCUT2D eigenvalue weighted by Crippen LogP contribution is -1.68. The van der Waals surface area contributed by atoms with E-state index in [9.17, 15) is 0 Å². The van der Waals surface area contributed by atoms with Gasteiger partial charge in [-0.05, 0) is 31.6 Å². The summed E-state index contributed by atoms with van der Waals surface area (Å²) in [5, 5.41) is 0. The van der Waals surface area contributed by atoms with Gasteiger partial charge in [0, 0.05) is 0 Å². The second-order valence-electron chi connectivity index (χ2n) is 2.94. The molecule has 0 heteroatoms. The first-order valence-electron chi connectivity index (χ1n) is 4.08. The van der Waals surface area contributed by atoms with Crippen LogP contribution in [0.4, 0.5) is 0 Å². The Labute approximate surface area is 58.0 Å². The normalized spacial score (nSPS) is 19.2. The van der Waals surface area contributed by atoms with Gasteiger partial charge in [-0.2, -0.15) is 0 Å². The van der Waals surface area contributed by atoms with Crippen molar-refractivity contribution in [3.63, 3.8) is 0 Å². The molecule has 0 N–H and O–H groups in total. The van der Waals surface area contributed by atoms with Gasteiger partial charge in [0.1, 0.15) is 0 Å². The predicted octanol–water partition coefficient (Wildman–Crippen LogP) is 3.14. The number of hydrogen-bond acceptors (Lipinski definition) is 0. The van der Waals surface area contributed by atoms with Crippen LogP contribution in [-0.2, 0) is 0 Å². The first-order chi connectivity index (χ1) is 4.43. The molecule has 0 aliphatic heterocycles. The molecule has 1 aliphatic carbocycles. The van der Waals surface area contributed by atoms with Crippen molar-refractivity contribution in [3.05, 3.63) is 12.2 Å². The van der Waals surface area contributed by atoms with E-state index in [-0.39, 0.29) is 0 Å². The first kappa shape index (κ1) is 6.85. The molecule has 9 heavy (non-hydrogen) atoms. The lowest BCUT2D eigenvalue weighted by Gasteiger charge is -1.85. The number of rotatable bonds is 4. The molecular formula is C9H16. The third kappa shape index (κ3) is 3.34. The van der Waals surface area contributed by atoms with Crippen molar-refractivity contribution in [2.24, 2.45) is 5.92 Å². The van der Waals surface area contributed by atoms with Gasteiger partial charge >= 0.3 is 0 Å². The fraction of sp³-hybridized carbons (Fsp3) is 0.778. The Hall–Kier alpha value is -0.260. The van der Waals surface area contributed by atoms with Crippen LogP contribution >= 0.6 is 0 Å². The maximum Gasteiger partial charge on any atom is -0.0322 e. The fourth-order valence-electron chi connectivity index (χ4n) is 0.927. The van der Waals surface area contributed by atoms with Crippen molar-refractivity contribution in [1.29, 1.82) is 0 Å². The Bertz CT molecular complexity index is 88.2. The van der Waals surface area contributed by atoms with E-state index in [1.54, 1.807) is 0 Å². The largest absolute Gasteiger partial charge is 0.0885 e. The topological polar surface area (TPSA) is 0 Å². The van der Waals surface area contributed by atoms with Gasteiger partial charge in [-0.1, -0.05) is 25.5 Å². The smallest absolute Gasteiger partial charge is 0.0322 e. The highest BCUT2D eigenvalue weighted by molar-refractivity contribution is 4.87. The molecule has 0 bridgehead atoms. The van der Waals surface area contributed by atoms with Crippen molar-refractivity contribution < 1.29 is 0 Å². The van der Waals surface area contributed by atoms with Crippen LogP contribution in [0.15, 0.2) is 12.2 Å². The summed E-state index contributed by atoms with van der Waals surface area (Å²) in [6, 6.07) is 0. The minimum absolute atomic E-state index is 1.07. The molecule has 0 aromatic rings. The zero-order valence-corrected chi connectivity index (χ0v) is 6.27. The summed E-state index contributed by atoms with van der Waals surface area (Å²) in [4.78, 5) is 0. The molecular weight excluding hydrogens is 108 g/mol. The average Bonchev–Trinajstić information content (AvgIpc) is 2.63. The van der Waals surface area contributed by atoms with Crippen LogP contribution in [0, 0.1) is 5.92 Å². The van der Waals surface area contributed by atoms with Gasteiger partial charge in [0.25, 0.3) is 0 Å². The maximum absolute atomic E-state index is 2.35. The van der Waals surface area contributed by atoms with Gasteiger partial charge in [-0.3, -0.25) is 0 Å². The van der Waals surface area contributed by atoms with Gasteiger partial charge in [0.2, 0.25) is 0 Å². The van der Waals surface area contributed by atoms with Crippen molar-refractivity contribution in [3.8, 4) is 0 Å². The van der Waals surface area contributed by atoms with E-state index in [1.165, 1.54) is 32.1 Å². The third-order valence-electron chi connectivity index (χ3n) is 1.79. The van der Waals surface area contributed by atoms with E-state index < -0.39 is 0 Å². The molecule has 52 valence electrons. The third-order valence-corrected chi connectivity index (χ3v) is 1.79. The van der Waals surface area contributed by atoms with Gasteiger partial charge in [-0.25, -0.2) is 0 Å². The molecule has 1 saturated carbocycles. The molecule has 0 atom stereocenters. The Kier molecular flexibility index (Phi) is 2.82. The molecule has 0 aromatic heterocycles. The molecule has 0 radical (unpaired) electrons. The van der Waals surface area contributed by atoms with Gasteiger partial charge in [0.15, 0.2) is 0 Å². The second kappa shape index (κ2) is 3.71. The summed E-state index contributed by atoms with van der Waals surface area (Å²) in [5.74, 6) is 1.07. The highest BCUT2D eigenvalue weighted by atomic mass is 14.2. The summed E-state index contributed by atoms with van der Waals surface area (Å²) < 4.78 is 0. The Balaban J connectivity index is 1.88. The monoisotopic (exact) mass is 124 g/mol. The molecule has 0 nitrogen and oxygen atoms in total. The van der Waals surface area contributed by atoms with E-state index in [0.717, 1.165) is 5.92 Å². The minimum atomic E-state index is 1.07. The molecule has 0 aromatic carbocycles. The van der Waals surface area contributed by atoms with Crippen LogP contribution < -0.4 is 0 Å². The van der Waals surface area contributed by atoms with E-state index in [1.807, 2.05) is 0 Å². The van der Waals surface area contributed by atoms with Gasteiger partial charge < -0.3 is 0 Å². The first-order valence-corrected chi connectivity index (χ1v) is 4.08. The Morgan fingerprint density at radius 3 is 2.67 bits per heavy atom. The predicted molar refractivity (Wildman–Crippen MR) is 41.4 cm³/mol. The Morgan fingerprint density at radius 1 is 1.33 bits per heavy atom. The molecule has 0 unspecified atom stereocenters. The lowest BCUT2D eigenvalue weighted by atomic mass is 10.2. The summed E-state index contributed by atoms with van der Waals surface area (Å²) in [7, 11) is 0. The Morgan fingerprint density at radius 2 is 2.11 bits per heavy atom. The van der Waals surface area contributed by atoms with Crippen LogP contribution in [0.1, 0.15) is 39.0 Å². The van der Waals surface area contributed by atoms with E-state index in [0.29, 0.717) is 0 Å². The SMILES string of the molecule is CCCC=CCC1CC1. The van der Waals surface area contributed by atoms with Crippen LogP contribution in [-0.4, -0.2) is 0 Å². The average molecular weight is 124 g/mol. The maximum atomic E-state index is 2.35. The van der Waals surface area contributed by atoms with Gasteiger partial charge in [-0.15, -0.1) is 0 Å². The van der Waals surface area contributed by atoms with Crippen molar-refractivity contribution >= 4 is 0 Å². The van der Waals surface area contributed by atoms with E-state index in [4.69, 9.17) is 0 Å². The molecule has 1 fully saturated rings. The molecule has 0 heterocycles. The summed E-state index contributed by atoms with van der Waals surface area (Å²) in [5.41, 5.74) is 0. The highest BCUT2D eigenvalue weighted by Crippen LogP contribution is 2.32. The van der Waals surface area contributed by atoms with E-state index >= 15 is 0 Å². The zero-order valence-electron chi connectivity index (χ0n) is 6.27. The van der Waals surface area contributed by atoms with Crippen molar-refractivity contribution in [2.75, 3.05) is 0 Å². The van der Waals surface area contributed by atoms with Crippen LogP contribution in [0.25, 0.3) is 0 Å². The standard InChI is InChI=1S/C9H16/c1-2-3-4-5-6-9-7-8-9/h4-5,9H,2-3,6-8H2,1H3. The van der Waals surface area contributed by atoms with Crippen LogP contribution in [0.2, 0.25) is 0 Å². The summed E-state index contributed by atoms with van der Waals surface area (Å²) >= 11 is 0. The quantitative estimate of drug-likeness (QED) is 0.505. The summed E-state index contributed by atoms with van der Waals surface area (Å²) in [6.07, 6.45) is 11.5. The highest BCUT2D eigenvalue weighted by Gasteiger charge is 2.18. The molecule has 1 rings (SSSR count). The zero-order chi connectivity index (χ0) is 6.53. The number of allylic oxidation sites excluding steroid dienone is 2. The van der Waals surface area contributed by atoms with Crippen molar-refractivity contribution in [2.45, 2.75) is 39.0 Å². The second-order valence-corrected chi connectivity index (χ2v) is 2.94. The number of unbranched alkanes of at least 4 members (excludes halogenated alkanes) is 1. The molecule has 0 spiro atoms. The fourth-order valence-corrected chi connectivity index (χ4v) is 0.927. The van der Waals surface area contributed by atoms with Gasteiger partial charge in [0.05, 0.1) is 0 Å².